The van der Waals surface area contributed by atoms with Gasteiger partial charge in [0.2, 0.25) is 0 Å². The van der Waals surface area contributed by atoms with Crippen LogP contribution in [0.1, 0.15) is 27.8 Å². The third kappa shape index (κ3) is 3.37. The summed E-state index contributed by atoms with van der Waals surface area (Å²) >= 11 is 0. The van der Waals surface area contributed by atoms with Gasteiger partial charge in [0, 0.05) is 44.0 Å². The fraction of sp³-hybridized carbons (Fsp3) is 0.294. The number of aromatic amines is 1. The Labute approximate surface area is 144 Å². The van der Waals surface area contributed by atoms with E-state index in [1.54, 1.807) is 29.2 Å². The third-order valence-corrected chi connectivity index (χ3v) is 4.31. The number of nitro benzene ring substituents is 1. The van der Waals surface area contributed by atoms with Crippen molar-refractivity contribution in [1.82, 2.24) is 9.88 Å². The molecule has 1 fully saturated rings. The van der Waals surface area contributed by atoms with Crippen molar-refractivity contribution in [3.63, 3.8) is 0 Å². The molecule has 1 aromatic heterocycles. The first-order chi connectivity index (χ1) is 12.0. The molecule has 0 atom stereocenters. The highest BCUT2D eigenvalue weighted by Crippen LogP contribution is 2.28. The SMILES string of the molecule is CC(=O)c1c[nH]c(C(=O)N2CCN(c3ccccc3[N+](=O)[O-])CC2)c1. The number of aromatic nitrogens is 1. The van der Waals surface area contributed by atoms with Crippen LogP contribution in [0.25, 0.3) is 0 Å². The maximum Gasteiger partial charge on any atom is 0.292 e. The Morgan fingerprint density at radius 3 is 2.44 bits per heavy atom. The molecule has 1 amide bonds. The van der Waals surface area contributed by atoms with Crippen LogP contribution in [-0.2, 0) is 0 Å². The molecule has 25 heavy (non-hydrogen) atoms. The van der Waals surface area contributed by atoms with E-state index in [2.05, 4.69) is 4.98 Å². The van der Waals surface area contributed by atoms with Gasteiger partial charge in [-0.05, 0) is 19.1 Å². The predicted octanol–water partition coefficient (Wildman–Crippen LogP) is 2.09. The Hall–Kier alpha value is -3.16. The number of benzene rings is 1. The summed E-state index contributed by atoms with van der Waals surface area (Å²) in [5, 5.41) is 11.2. The number of piperazine rings is 1. The van der Waals surface area contributed by atoms with Crippen LogP contribution in [0, 0.1) is 10.1 Å². The van der Waals surface area contributed by atoms with Crippen LogP contribution in [-0.4, -0.2) is 52.7 Å². The minimum atomic E-state index is -0.394. The number of anilines is 1. The smallest absolute Gasteiger partial charge is 0.292 e. The summed E-state index contributed by atoms with van der Waals surface area (Å²) in [4.78, 5) is 41.0. The van der Waals surface area contributed by atoms with Gasteiger partial charge >= 0.3 is 0 Å². The molecule has 2 heterocycles. The maximum absolute atomic E-state index is 12.5. The number of Topliss-reactive ketones (excluding diaryl/α,β-unsaturated/α-hetero) is 1. The number of carbonyl (C=O) groups excluding carboxylic acids is 2. The number of amides is 1. The van der Waals surface area contributed by atoms with E-state index in [1.165, 1.54) is 19.2 Å². The van der Waals surface area contributed by atoms with Gasteiger partial charge in [0.05, 0.1) is 4.92 Å². The molecular formula is C17H18N4O4. The molecule has 0 saturated carbocycles. The number of hydrogen-bond donors (Lipinski definition) is 1. The van der Waals surface area contributed by atoms with Crippen LogP contribution < -0.4 is 4.90 Å². The minimum Gasteiger partial charge on any atom is -0.362 e. The Kier molecular flexibility index (Phi) is 4.51. The van der Waals surface area contributed by atoms with Crippen LogP contribution in [0.2, 0.25) is 0 Å². The zero-order valence-corrected chi connectivity index (χ0v) is 13.8. The third-order valence-electron chi connectivity index (χ3n) is 4.31. The standard InChI is InChI=1S/C17H18N4O4/c1-12(22)13-10-14(18-11-13)17(23)20-8-6-19(7-9-20)15-4-2-3-5-16(15)21(24)25/h2-5,10-11,18H,6-9H2,1H3. The summed E-state index contributed by atoms with van der Waals surface area (Å²) in [6, 6.07) is 8.16. The lowest BCUT2D eigenvalue weighted by atomic mass is 10.2. The lowest BCUT2D eigenvalue weighted by molar-refractivity contribution is -0.384. The lowest BCUT2D eigenvalue weighted by Gasteiger charge is -2.35. The topological polar surface area (TPSA) is 99.6 Å². The summed E-state index contributed by atoms with van der Waals surface area (Å²) in [6.07, 6.45) is 1.53. The highest BCUT2D eigenvalue weighted by atomic mass is 16.6. The first-order valence-corrected chi connectivity index (χ1v) is 7.94. The van der Waals surface area contributed by atoms with Crippen LogP contribution in [0.15, 0.2) is 36.5 Å². The Bertz CT molecular complexity index is 822. The van der Waals surface area contributed by atoms with Crippen molar-refractivity contribution in [2.75, 3.05) is 31.1 Å². The molecule has 8 nitrogen and oxygen atoms in total. The van der Waals surface area contributed by atoms with Gasteiger partial charge < -0.3 is 14.8 Å². The summed E-state index contributed by atoms with van der Waals surface area (Å²) in [7, 11) is 0. The summed E-state index contributed by atoms with van der Waals surface area (Å²) in [5.41, 5.74) is 1.49. The number of nitro groups is 1. The quantitative estimate of drug-likeness (QED) is 0.521. The number of nitrogens with zero attached hydrogens (tertiary/aromatic N) is 3. The molecule has 0 aliphatic carbocycles. The van der Waals surface area contributed by atoms with Gasteiger partial charge in [-0.2, -0.15) is 0 Å². The molecule has 1 saturated heterocycles. The summed E-state index contributed by atoms with van der Waals surface area (Å²) < 4.78 is 0. The second-order valence-electron chi connectivity index (χ2n) is 5.88. The van der Waals surface area contributed by atoms with Gasteiger partial charge in [-0.15, -0.1) is 0 Å². The summed E-state index contributed by atoms with van der Waals surface area (Å²) in [5.74, 6) is -0.272. The van der Waals surface area contributed by atoms with Crippen molar-refractivity contribution in [1.29, 1.82) is 0 Å². The van der Waals surface area contributed by atoms with Gasteiger partial charge in [-0.3, -0.25) is 19.7 Å². The molecule has 0 bridgehead atoms. The van der Waals surface area contributed by atoms with Gasteiger partial charge in [0.25, 0.3) is 11.6 Å². The second kappa shape index (κ2) is 6.76. The highest BCUT2D eigenvalue weighted by molar-refractivity contribution is 5.99. The van der Waals surface area contributed by atoms with E-state index >= 15 is 0 Å². The first kappa shape index (κ1) is 16.7. The predicted molar refractivity (Wildman–Crippen MR) is 92.0 cm³/mol. The van der Waals surface area contributed by atoms with E-state index in [-0.39, 0.29) is 17.4 Å². The number of nitrogens with one attached hydrogen (secondary N) is 1. The minimum absolute atomic E-state index is 0.0674. The Balaban J connectivity index is 1.68. The van der Waals surface area contributed by atoms with Gasteiger partial charge in [0.15, 0.2) is 5.78 Å². The van der Waals surface area contributed by atoms with Crippen molar-refractivity contribution in [2.24, 2.45) is 0 Å². The normalized spacial score (nSPS) is 14.4. The number of carbonyl (C=O) groups is 2. The van der Waals surface area contributed by atoms with Crippen LogP contribution in [0.5, 0.6) is 0 Å². The monoisotopic (exact) mass is 342 g/mol. The van der Waals surface area contributed by atoms with E-state index in [0.717, 1.165) is 0 Å². The van der Waals surface area contributed by atoms with Crippen LogP contribution in [0.4, 0.5) is 11.4 Å². The Morgan fingerprint density at radius 2 is 1.84 bits per heavy atom. The van der Waals surface area contributed by atoms with Crippen molar-refractivity contribution in [2.45, 2.75) is 6.92 Å². The van der Waals surface area contributed by atoms with Crippen molar-refractivity contribution < 1.29 is 14.5 Å². The van der Waals surface area contributed by atoms with Crippen molar-refractivity contribution in [3.8, 4) is 0 Å². The first-order valence-electron chi connectivity index (χ1n) is 7.94. The van der Waals surface area contributed by atoms with Gasteiger partial charge in [-0.1, -0.05) is 12.1 Å². The molecule has 8 heteroatoms. The molecule has 0 radical (unpaired) electrons. The molecule has 1 aliphatic rings. The number of ketones is 1. The molecular weight excluding hydrogens is 324 g/mol. The molecule has 1 aromatic carbocycles. The average molecular weight is 342 g/mol. The van der Waals surface area contributed by atoms with Gasteiger partial charge in [0.1, 0.15) is 11.4 Å². The molecule has 3 rings (SSSR count). The lowest BCUT2D eigenvalue weighted by Crippen LogP contribution is -2.49. The average Bonchev–Trinajstić information content (AvgIpc) is 3.11. The molecule has 2 aromatic rings. The Morgan fingerprint density at radius 1 is 1.16 bits per heavy atom. The molecule has 0 spiro atoms. The van der Waals surface area contributed by atoms with E-state index in [4.69, 9.17) is 0 Å². The van der Waals surface area contributed by atoms with Crippen LogP contribution in [0.3, 0.4) is 0 Å². The van der Waals surface area contributed by atoms with E-state index in [1.807, 2.05) is 4.90 Å². The zero-order valence-electron chi connectivity index (χ0n) is 13.8. The summed E-state index contributed by atoms with van der Waals surface area (Å²) in [6.45, 7) is 3.38. The van der Waals surface area contributed by atoms with Crippen LogP contribution >= 0.6 is 0 Å². The fourth-order valence-corrected chi connectivity index (χ4v) is 2.93. The molecule has 1 aliphatic heterocycles. The largest absolute Gasteiger partial charge is 0.362 e. The highest BCUT2D eigenvalue weighted by Gasteiger charge is 2.26. The van der Waals surface area contributed by atoms with E-state index < -0.39 is 4.92 Å². The number of hydrogen-bond acceptors (Lipinski definition) is 5. The number of para-hydroxylation sites is 2. The van der Waals surface area contributed by atoms with E-state index in [9.17, 15) is 19.7 Å². The second-order valence-corrected chi connectivity index (χ2v) is 5.88. The van der Waals surface area contributed by atoms with Crippen molar-refractivity contribution >= 4 is 23.1 Å². The number of rotatable bonds is 4. The number of H-pyrrole nitrogens is 1. The van der Waals surface area contributed by atoms with Gasteiger partial charge in [-0.25, -0.2) is 0 Å². The molecule has 130 valence electrons. The van der Waals surface area contributed by atoms with Crippen molar-refractivity contribution in [3.05, 3.63) is 57.9 Å². The maximum atomic E-state index is 12.5. The molecule has 0 unspecified atom stereocenters. The van der Waals surface area contributed by atoms with E-state index in [0.29, 0.717) is 43.1 Å². The molecule has 1 N–H and O–H groups in total. The zero-order chi connectivity index (χ0) is 18.0. The fourth-order valence-electron chi connectivity index (χ4n) is 2.93.